The minimum Gasteiger partial charge on any atom is -0.288 e. The van der Waals surface area contributed by atoms with Crippen molar-refractivity contribution in [1.29, 1.82) is 0 Å². The Bertz CT molecular complexity index is 1680. The Labute approximate surface area is 244 Å². The second-order valence-electron chi connectivity index (χ2n) is 9.08. The van der Waals surface area contributed by atoms with E-state index in [-0.39, 0.29) is 10.8 Å². The summed E-state index contributed by atoms with van der Waals surface area (Å²) in [5, 5.41) is 4.83. The van der Waals surface area contributed by atoms with Crippen molar-refractivity contribution in [2.24, 2.45) is 0 Å². The van der Waals surface area contributed by atoms with E-state index in [2.05, 4.69) is 0 Å². The molecule has 7 nitrogen and oxygen atoms in total. The largest absolute Gasteiger partial charge is 0.288 e. The maximum absolute atomic E-state index is 13.4. The number of nitrogens with zero attached hydrogens (tertiary/aromatic N) is 4. The molecule has 0 spiro atoms. The van der Waals surface area contributed by atoms with Crippen molar-refractivity contribution in [2.75, 3.05) is 13.1 Å². The van der Waals surface area contributed by atoms with Gasteiger partial charge in [-0.15, -0.1) is 0 Å². The number of amides is 1. The summed E-state index contributed by atoms with van der Waals surface area (Å²) in [6.07, 6.45) is 3.64. The third kappa shape index (κ3) is 5.66. The van der Waals surface area contributed by atoms with Gasteiger partial charge in [-0.3, -0.25) is 9.69 Å². The van der Waals surface area contributed by atoms with E-state index in [1.165, 1.54) is 16.1 Å². The van der Waals surface area contributed by atoms with Gasteiger partial charge in [0.15, 0.2) is 0 Å². The van der Waals surface area contributed by atoms with Crippen molar-refractivity contribution in [3.63, 3.8) is 0 Å². The first-order chi connectivity index (χ1) is 19.3. The van der Waals surface area contributed by atoms with Gasteiger partial charge < -0.3 is 0 Å². The number of para-hydroxylation sites is 1. The molecule has 1 amide bonds. The molecule has 10 heteroatoms. The van der Waals surface area contributed by atoms with Crippen LogP contribution in [0.15, 0.2) is 101 Å². The first-order valence-corrected chi connectivity index (χ1v) is 15.5. The molecule has 1 saturated heterocycles. The zero-order valence-corrected chi connectivity index (χ0v) is 24.5. The molecule has 0 unspecified atom stereocenters. The monoisotopic (exact) mass is 588 g/mol. The number of carbonyl (C=O) groups excluding carboxylic acids is 1. The van der Waals surface area contributed by atoms with Crippen LogP contribution in [0.3, 0.4) is 0 Å². The van der Waals surface area contributed by atoms with Crippen molar-refractivity contribution in [3.8, 4) is 16.9 Å². The van der Waals surface area contributed by atoms with Crippen molar-refractivity contribution >= 4 is 50.3 Å². The van der Waals surface area contributed by atoms with Gasteiger partial charge in [0.05, 0.1) is 22.0 Å². The van der Waals surface area contributed by atoms with E-state index in [1.807, 2.05) is 86.8 Å². The topological polar surface area (TPSA) is 75.5 Å². The fourth-order valence-corrected chi connectivity index (χ4v) is 7.24. The van der Waals surface area contributed by atoms with Crippen LogP contribution in [0.5, 0.6) is 0 Å². The number of thiocarbonyl (C=S) groups is 1. The lowest BCUT2D eigenvalue weighted by atomic mass is 10.1. The van der Waals surface area contributed by atoms with Crippen molar-refractivity contribution < 1.29 is 13.2 Å². The zero-order valence-electron chi connectivity index (χ0n) is 22.1. The highest BCUT2D eigenvalue weighted by atomic mass is 32.2. The average Bonchev–Trinajstić information content (AvgIpc) is 3.51. The van der Waals surface area contributed by atoms with Gasteiger partial charge in [0, 0.05) is 30.4 Å². The Kier molecular flexibility index (Phi) is 8.32. The number of carbonyl (C=O) groups is 1. The SMILES string of the molecule is CCN(CC)S(=O)(=O)c1cccc(-c2nn(-c3ccccc3)cc2C=C2SC(=S)N(Cc3ccccc3)C2=O)c1. The summed E-state index contributed by atoms with van der Waals surface area (Å²) >= 11 is 6.81. The Morgan fingerprint density at radius 2 is 1.62 bits per heavy atom. The Morgan fingerprint density at radius 1 is 0.950 bits per heavy atom. The number of sulfonamides is 1. The standard InChI is InChI=1S/C30H28N4O3S3/c1-3-32(4-2)40(36,37)26-17-11-14-23(18-26)28-24(21-34(31-28)25-15-9-6-10-16-25)19-27-29(35)33(30(38)39-27)20-22-12-7-5-8-13-22/h5-19,21H,3-4,20H2,1-2H3. The molecule has 0 atom stereocenters. The summed E-state index contributed by atoms with van der Waals surface area (Å²) in [5.74, 6) is -0.171. The molecule has 1 aliphatic rings. The van der Waals surface area contributed by atoms with Gasteiger partial charge in [-0.1, -0.05) is 98.5 Å². The van der Waals surface area contributed by atoms with E-state index in [4.69, 9.17) is 17.3 Å². The van der Waals surface area contributed by atoms with Gasteiger partial charge in [-0.05, 0) is 35.9 Å². The van der Waals surface area contributed by atoms with E-state index in [9.17, 15) is 13.2 Å². The molecule has 5 rings (SSSR count). The van der Waals surface area contributed by atoms with Gasteiger partial charge >= 0.3 is 0 Å². The van der Waals surface area contributed by atoms with Crippen LogP contribution in [-0.2, 0) is 21.4 Å². The fraction of sp³-hybridized carbons (Fsp3) is 0.167. The second kappa shape index (κ2) is 11.9. The van der Waals surface area contributed by atoms with Crippen molar-refractivity contribution in [1.82, 2.24) is 19.0 Å². The summed E-state index contributed by atoms with van der Waals surface area (Å²) in [7, 11) is -3.66. The predicted octanol–water partition coefficient (Wildman–Crippen LogP) is 5.97. The van der Waals surface area contributed by atoms with Crippen LogP contribution in [-0.4, -0.2) is 50.7 Å². The van der Waals surface area contributed by atoms with Crippen molar-refractivity contribution in [2.45, 2.75) is 25.3 Å². The van der Waals surface area contributed by atoms with Crippen molar-refractivity contribution in [3.05, 3.63) is 107 Å². The molecule has 40 heavy (non-hydrogen) atoms. The van der Waals surface area contributed by atoms with Gasteiger partial charge in [0.2, 0.25) is 10.0 Å². The summed E-state index contributed by atoms with van der Waals surface area (Å²) in [6.45, 7) is 4.78. The molecule has 0 aliphatic carbocycles. The smallest absolute Gasteiger partial charge is 0.266 e. The lowest BCUT2D eigenvalue weighted by Gasteiger charge is -2.18. The fourth-order valence-electron chi connectivity index (χ4n) is 4.49. The summed E-state index contributed by atoms with van der Waals surface area (Å²) in [5.41, 5.74) is 3.71. The van der Waals surface area contributed by atoms with E-state index in [1.54, 1.807) is 33.9 Å². The minimum atomic E-state index is -3.66. The minimum absolute atomic E-state index is 0.171. The lowest BCUT2D eigenvalue weighted by molar-refractivity contribution is -0.122. The van der Waals surface area contributed by atoms with Gasteiger partial charge in [-0.25, -0.2) is 13.1 Å². The Hall–Kier alpha value is -3.57. The third-order valence-corrected chi connectivity index (χ3v) is 9.98. The van der Waals surface area contributed by atoms with Crippen LogP contribution in [0.2, 0.25) is 0 Å². The normalized spacial score (nSPS) is 15.0. The number of hydrogen-bond acceptors (Lipinski definition) is 6. The van der Waals surface area contributed by atoms with E-state index in [0.717, 1.165) is 11.3 Å². The van der Waals surface area contributed by atoms with E-state index in [0.29, 0.717) is 45.7 Å². The number of benzene rings is 3. The summed E-state index contributed by atoms with van der Waals surface area (Å²) < 4.78 is 30.2. The molecule has 0 bridgehead atoms. The molecule has 3 aromatic carbocycles. The highest BCUT2D eigenvalue weighted by Gasteiger charge is 2.32. The summed E-state index contributed by atoms with van der Waals surface area (Å²) in [4.78, 5) is 15.7. The predicted molar refractivity (Wildman–Crippen MR) is 164 cm³/mol. The zero-order chi connectivity index (χ0) is 28.3. The molecular weight excluding hydrogens is 561 g/mol. The molecule has 1 aromatic heterocycles. The molecule has 0 radical (unpaired) electrons. The second-order valence-corrected chi connectivity index (χ2v) is 12.7. The van der Waals surface area contributed by atoms with Gasteiger partial charge in [0.1, 0.15) is 10.0 Å². The molecule has 2 heterocycles. The maximum atomic E-state index is 13.4. The Morgan fingerprint density at radius 3 is 2.30 bits per heavy atom. The van der Waals surface area contributed by atoms with Crippen LogP contribution >= 0.6 is 24.0 Å². The number of rotatable bonds is 9. The molecule has 1 fully saturated rings. The molecular formula is C30H28N4O3S3. The molecule has 204 valence electrons. The van der Waals surface area contributed by atoms with Gasteiger partial charge in [0.25, 0.3) is 5.91 Å². The number of aromatic nitrogens is 2. The first kappa shape index (κ1) is 28.0. The highest BCUT2D eigenvalue weighted by molar-refractivity contribution is 8.26. The quantitative estimate of drug-likeness (QED) is 0.177. The average molecular weight is 589 g/mol. The lowest BCUT2D eigenvalue weighted by Crippen LogP contribution is -2.30. The number of hydrogen-bond donors (Lipinski definition) is 0. The molecule has 1 aliphatic heterocycles. The summed E-state index contributed by atoms with van der Waals surface area (Å²) in [6, 6.07) is 26.1. The molecule has 4 aromatic rings. The third-order valence-electron chi connectivity index (χ3n) is 6.56. The Balaban J connectivity index is 1.57. The van der Waals surface area contributed by atoms with E-state index >= 15 is 0 Å². The van der Waals surface area contributed by atoms with Crippen LogP contribution < -0.4 is 0 Å². The van der Waals surface area contributed by atoms with Gasteiger partial charge in [-0.2, -0.15) is 9.40 Å². The highest BCUT2D eigenvalue weighted by Crippen LogP contribution is 2.36. The van der Waals surface area contributed by atoms with Crippen LogP contribution in [0.1, 0.15) is 25.0 Å². The molecule has 0 saturated carbocycles. The van der Waals surface area contributed by atoms with E-state index < -0.39 is 10.0 Å². The first-order valence-electron chi connectivity index (χ1n) is 12.9. The van der Waals surface area contributed by atoms with Crippen LogP contribution in [0.4, 0.5) is 0 Å². The molecule has 0 N–H and O–H groups in total. The van der Waals surface area contributed by atoms with Crippen LogP contribution in [0.25, 0.3) is 23.0 Å². The maximum Gasteiger partial charge on any atom is 0.266 e. The van der Waals surface area contributed by atoms with Crippen LogP contribution in [0, 0.1) is 0 Å². The number of thioether (sulfide) groups is 1.